The van der Waals surface area contributed by atoms with Crippen molar-refractivity contribution in [3.8, 4) is 11.7 Å². The van der Waals surface area contributed by atoms with E-state index in [1.807, 2.05) is 18.2 Å². The Morgan fingerprint density at radius 3 is 2.77 bits per heavy atom. The highest BCUT2D eigenvalue weighted by Crippen LogP contribution is 2.60. The van der Waals surface area contributed by atoms with Crippen molar-refractivity contribution >= 4 is 29.5 Å². The first kappa shape index (κ1) is 30.5. The SMILES string of the molecule is CC1(C)C[C@@H]2CCCNc3cccc(n3)SNC(=O)c3ccc(-n4ccc(OCC(O)CC5(C(F)(F)F)CC5)n4)nc3N1C2. The van der Waals surface area contributed by atoms with E-state index >= 15 is 0 Å². The summed E-state index contributed by atoms with van der Waals surface area (Å²) in [5.41, 5.74) is -1.64. The van der Waals surface area contributed by atoms with Crippen LogP contribution >= 0.6 is 11.9 Å². The van der Waals surface area contributed by atoms with Crippen LogP contribution in [0.4, 0.5) is 24.8 Å². The van der Waals surface area contributed by atoms with Gasteiger partial charge in [-0.2, -0.15) is 13.2 Å². The molecule has 1 saturated heterocycles. The minimum absolute atomic E-state index is 0.0265. The fourth-order valence-corrected chi connectivity index (χ4v) is 6.79. The molecule has 5 heterocycles. The number of carbonyl (C=O) groups is 1. The first-order chi connectivity index (χ1) is 20.9. The predicted molar refractivity (Wildman–Crippen MR) is 160 cm³/mol. The Hall–Kier alpha value is -3.52. The van der Waals surface area contributed by atoms with E-state index in [0.29, 0.717) is 28.1 Å². The lowest BCUT2D eigenvalue weighted by atomic mass is 9.93. The molecule has 1 amide bonds. The number of pyridine rings is 2. The highest BCUT2D eigenvalue weighted by Gasteiger charge is 2.63. The maximum absolute atomic E-state index is 13.5. The quantitative estimate of drug-likeness (QED) is 0.308. The summed E-state index contributed by atoms with van der Waals surface area (Å²) in [7, 11) is 0. The first-order valence-corrected chi connectivity index (χ1v) is 15.6. The average molecular weight is 632 g/mol. The number of alkyl halides is 3. The van der Waals surface area contributed by atoms with E-state index in [1.54, 1.807) is 24.4 Å². The summed E-state index contributed by atoms with van der Waals surface area (Å²) in [6, 6.07) is 10.6. The Bertz CT molecular complexity index is 1510. The number of hydrogen-bond acceptors (Lipinski definition) is 9. The molecule has 44 heavy (non-hydrogen) atoms. The predicted octanol–water partition coefficient (Wildman–Crippen LogP) is 5.38. The third-order valence-corrected chi connectivity index (χ3v) is 9.42. The van der Waals surface area contributed by atoms with Crippen LogP contribution in [-0.4, -0.2) is 68.3 Å². The molecule has 0 spiro atoms. The van der Waals surface area contributed by atoms with Crippen LogP contribution in [0.1, 0.15) is 62.7 Å². The van der Waals surface area contributed by atoms with Crippen molar-refractivity contribution in [2.24, 2.45) is 11.3 Å². The number of ether oxygens (including phenoxy) is 1. The number of aliphatic hydroxyl groups is 1. The van der Waals surface area contributed by atoms with E-state index in [9.17, 15) is 23.1 Å². The van der Waals surface area contributed by atoms with Crippen molar-refractivity contribution in [1.82, 2.24) is 24.5 Å². The second-order valence-electron chi connectivity index (χ2n) is 12.5. The maximum Gasteiger partial charge on any atom is 0.394 e. The van der Waals surface area contributed by atoms with Crippen molar-refractivity contribution in [1.29, 1.82) is 0 Å². The van der Waals surface area contributed by atoms with Gasteiger partial charge in [-0.05, 0) is 82.6 Å². The number of rotatable bonds is 6. The van der Waals surface area contributed by atoms with E-state index in [-0.39, 0.29) is 36.8 Å². The van der Waals surface area contributed by atoms with Crippen molar-refractivity contribution in [3.05, 3.63) is 48.2 Å². The molecule has 0 aromatic carbocycles. The van der Waals surface area contributed by atoms with E-state index < -0.39 is 24.1 Å². The highest BCUT2D eigenvalue weighted by atomic mass is 32.2. The van der Waals surface area contributed by atoms with E-state index in [0.717, 1.165) is 50.1 Å². The number of nitrogens with zero attached hydrogens (tertiary/aromatic N) is 5. The number of nitrogens with one attached hydrogen (secondary N) is 2. The Morgan fingerprint density at radius 1 is 1.18 bits per heavy atom. The van der Waals surface area contributed by atoms with Gasteiger partial charge in [-0.1, -0.05) is 6.07 Å². The molecule has 2 fully saturated rings. The van der Waals surface area contributed by atoms with Gasteiger partial charge in [0.15, 0.2) is 5.82 Å². The second-order valence-corrected chi connectivity index (χ2v) is 13.4. The third kappa shape index (κ3) is 6.46. The van der Waals surface area contributed by atoms with E-state index in [1.165, 1.54) is 4.68 Å². The van der Waals surface area contributed by atoms with E-state index in [4.69, 9.17) is 9.72 Å². The normalized spacial score (nSPS) is 21.7. The minimum Gasteiger partial charge on any atom is -0.474 e. The van der Waals surface area contributed by atoms with Gasteiger partial charge in [-0.15, -0.1) is 5.10 Å². The molecule has 1 aliphatic carbocycles. The van der Waals surface area contributed by atoms with Gasteiger partial charge >= 0.3 is 6.18 Å². The molecular formula is C30H36F3N7O3S. The zero-order valence-electron chi connectivity index (χ0n) is 24.6. The summed E-state index contributed by atoms with van der Waals surface area (Å²) < 4.78 is 49.8. The van der Waals surface area contributed by atoms with Crippen molar-refractivity contribution in [2.45, 2.75) is 75.2 Å². The summed E-state index contributed by atoms with van der Waals surface area (Å²) in [5, 5.41) is 18.7. The van der Waals surface area contributed by atoms with Gasteiger partial charge in [-0.25, -0.2) is 14.6 Å². The molecule has 3 N–H and O–H groups in total. The molecule has 1 saturated carbocycles. The van der Waals surface area contributed by atoms with Gasteiger partial charge in [0.2, 0.25) is 5.88 Å². The Labute approximate surface area is 257 Å². The second kappa shape index (κ2) is 11.8. The van der Waals surface area contributed by atoms with E-state index in [2.05, 4.69) is 38.9 Å². The van der Waals surface area contributed by atoms with Crippen LogP contribution in [0.2, 0.25) is 0 Å². The van der Waals surface area contributed by atoms with Crippen molar-refractivity contribution in [3.63, 3.8) is 0 Å². The first-order valence-electron chi connectivity index (χ1n) is 14.8. The monoisotopic (exact) mass is 631 g/mol. The van der Waals surface area contributed by atoms with Gasteiger partial charge in [0.1, 0.15) is 23.3 Å². The van der Waals surface area contributed by atoms with Crippen LogP contribution in [0, 0.1) is 11.3 Å². The van der Waals surface area contributed by atoms with Gasteiger partial charge in [-0.3, -0.25) is 9.52 Å². The van der Waals surface area contributed by atoms with Gasteiger partial charge < -0.3 is 20.1 Å². The third-order valence-electron chi connectivity index (χ3n) is 8.69. The van der Waals surface area contributed by atoms with Crippen LogP contribution < -0.4 is 19.7 Å². The zero-order valence-corrected chi connectivity index (χ0v) is 25.4. The average Bonchev–Trinajstić information content (AvgIpc) is 3.50. The largest absolute Gasteiger partial charge is 0.474 e. The number of anilines is 2. The Morgan fingerprint density at radius 2 is 2.00 bits per heavy atom. The molecular weight excluding hydrogens is 595 g/mol. The lowest BCUT2D eigenvalue weighted by Gasteiger charge is -2.34. The lowest BCUT2D eigenvalue weighted by molar-refractivity contribution is -0.195. The molecule has 2 atom stereocenters. The molecule has 10 nitrogen and oxygen atoms in total. The number of fused-ring (bicyclic) bond motifs is 6. The molecule has 3 aromatic rings. The number of halogens is 3. The summed E-state index contributed by atoms with van der Waals surface area (Å²) in [6.45, 7) is 5.55. The van der Waals surface area contributed by atoms with Crippen molar-refractivity contribution < 1.29 is 27.8 Å². The molecule has 14 heteroatoms. The van der Waals surface area contributed by atoms with Crippen LogP contribution in [0.3, 0.4) is 0 Å². The Kier molecular flexibility index (Phi) is 8.16. The molecule has 3 aliphatic rings. The molecule has 6 rings (SSSR count). The lowest BCUT2D eigenvalue weighted by Crippen LogP contribution is -2.40. The number of hydrogen-bond donors (Lipinski definition) is 3. The number of carbonyl (C=O) groups excluding carboxylic acids is 1. The molecule has 4 bridgehead atoms. The fourth-order valence-electron chi connectivity index (χ4n) is 6.19. The van der Waals surface area contributed by atoms with Crippen molar-refractivity contribution in [2.75, 3.05) is 29.9 Å². The summed E-state index contributed by atoms with van der Waals surface area (Å²) in [4.78, 5) is 25.2. The molecule has 1 unspecified atom stereocenters. The summed E-state index contributed by atoms with van der Waals surface area (Å²) in [6.07, 6.45) is -1.38. The topological polar surface area (TPSA) is 117 Å². The zero-order chi connectivity index (χ0) is 31.1. The number of aromatic nitrogens is 4. The van der Waals surface area contributed by atoms with Gasteiger partial charge in [0.25, 0.3) is 5.91 Å². The molecule has 0 radical (unpaired) electrons. The molecule has 236 valence electrons. The summed E-state index contributed by atoms with van der Waals surface area (Å²) >= 11 is 1.14. The van der Waals surface area contributed by atoms with Gasteiger partial charge in [0.05, 0.1) is 17.1 Å². The summed E-state index contributed by atoms with van der Waals surface area (Å²) in [5.74, 6) is 2.02. The fraction of sp³-hybridized carbons (Fsp3) is 0.533. The van der Waals surface area contributed by atoms with Crippen LogP contribution in [-0.2, 0) is 0 Å². The van der Waals surface area contributed by atoms with Crippen LogP contribution in [0.15, 0.2) is 47.6 Å². The van der Waals surface area contributed by atoms with Crippen LogP contribution in [0.25, 0.3) is 5.82 Å². The molecule has 3 aromatic heterocycles. The molecule has 2 aliphatic heterocycles. The standard InChI is InChI=1S/C30H36F3N7O3S/c1-28(2)15-19-5-4-13-34-22-6-3-7-25(35-22)44-38-27(42)21-8-9-23(36-26(21)39(28)17-19)40-14-10-24(37-40)43-18-20(41)16-29(11-12-29)30(31,32)33/h3,6-10,14,19-20,41H,4-5,11-13,15-18H2,1-2H3,(H,34,35)(H,38,42)/t19-,20?/m0/s1. The number of aliphatic hydroxyl groups excluding tert-OH is 1. The number of amides is 1. The smallest absolute Gasteiger partial charge is 0.394 e. The minimum atomic E-state index is -4.33. The highest BCUT2D eigenvalue weighted by molar-refractivity contribution is 7.97. The van der Waals surface area contributed by atoms with Crippen LogP contribution in [0.5, 0.6) is 5.88 Å². The maximum atomic E-state index is 13.5. The van der Waals surface area contributed by atoms with Gasteiger partial charge in [0, 0.05) is 42.8 Å². The Balaban J connectivity index is 1.23.